The van der Waals surface area contributed by atoms with Crippen LogP contribution in [0.5, 0.6) is 11.5 Å². The molecule has 2 atom stereocenters. The molecule has 6 nitrogen and oxygen atoms in total. The lowest BCUT2D eigenvalue weighted by Gasteiger charge is -2.21. The Kier molecular flexibility index (Phi) is 7.80. The van der Waals surface area contributed by atoms with E-state index in [4.69, 9.17) is 21.1 Å². The summed E-state index contributed by atoms with van der Waals surface area (Å²) >= 11 is 6.26. The molecule has 31 heavy (non-hydrogen) atoms. The number of hydrogen-bond acceptors (Lipinski definition) is 4. The fraction of sp³-hybridized carbons (Fsp3) is 0.417. The maximum Gasteiger partial charge on any atom is 0.255 e. The van der Waals surface area contributed by atoms with E-state index in [1.807, 2.05) is 18.2 Å². The van der Waals surface area contributed by atoms with Crippen LogP contribution in [0.25, 0.3) is 0 Å². The molecule has 0 spiro atoms. The molecule has 0 aliphatic carbocycles. The molecular formula is C24H29ClN2O4. The lowest BCUT2D eigenvalue weighted by atomic mass is 9.87. The molecule has 1 saturated heterocycles. The molecule has 2 amide bonds. The Morgan fingerprint density at radius 3 is 2.58 bits per heavy atom. The van der Waals surface area contributed by atoms with Gasteiger partial charge in [-0.25, -0.2) is 0 Å². The zero-order valence-electron chi connectivity index (χ0n) is 18.2. The maximum absolute atomic E-state index is 13.2. The van der Waals surface area contributed by atoms with Crippen molar-refractivity contribution in [1.82, 2.24) is 10.2 Å². The highest BCUT2D eigenvalue weighted by atomic mass is 35.5. The van der Waals surface area contributed by atoms with Crippen molar-refractivity contribution in [3.63, 3.8) is 0 Å². The van der Waals surface area contributed by atoms with Crippen LogP contribution in [0.15, 0.2) is 42.5 Å². The van der Waals surface area contributed by atoms with Gasteiger partial charge in [0.1, 0.15) is 11.5 Å². The lowest BCUT2D eigenvalue weighted by Crippen LogP contribution is -2.36. The van der Waals surface area contributed by atoms with Gasteiger partial charge in [0.25, 0.3) is 5.91 Å². The highest BCUT2D eigenvalue weighted by Crippen LogP contribution is 2.40. The summed E-state index contributed by atoms with van der Waals surface area (Å²) in [4.78, 5) is 28.0. The number of unbranched alkanes of at least 4 members (excludes halogenated alkanes) is 1. The number of hydrogen-bond donors (Lipinski definition) is 1. The van der Waals surface area contributed by atoms with Gasteiger partial charge in [0, 0.05) is 31.1 Å². The third-order valence-electron chi connectivity index (χ3n) is 5.71. The van der Waals surface area contributed by atoms with Crippen LogP contribution in [-0.2, 0) is 4.79 Å². The topological polar surface area (TPSA) is 67.9 Å². The number of halogens is 1. The van der Waals surface area contributed by atoms with Crippen LogP contribution in [0.4, 0.5) is 0 Å². The average molecular weight is 445 g/mol. The first-order chi connectivity index (χ1) is 15.0. The normalized spacial score (nSPS) is 18.0. The van der Waals surface area contributed by atoms with E-state index in [-0.39, 0.29) is 17.7 Å². The van der Waals surface area contributed by atoms with Gasteiger partial charge in [-0.3, -0.25) is 9.59 Å². The summed E-state index contributed by atoms with van der Waals surface area (Å²) in [6, 6.07) is 12.5. The standard InChI is InChI=1S/C24H29ClN2O4/c1-4-5-12-26-23(28)20-15-27(24(29)17-8-6-7-9-21(17)25)14-19(20)18-13-16(30-2)10-11-22(18)31-3/h6-11,13,19-20H,4-5,12,14-15H2,1-3H3,(H,26,28). The van der Waals surface area contributed by atoms with Gasteiger partial charge in [-0.1, -0.05) is 37.1 Å². The van der Waals surface area contributed by atoms with Crippen LogP contribution >= 0.6 is 11.6 Å². The van der Waals surface area contributed by atoms with E-state index in [1.165, 1.54) is 0 Å². The number of amides is 2. The molecule has 2 aromatic rings. The van der Waals surface area contributed by atoms with Gasteiger partial charge in [0.05, 0.1) is 30.7 Å². The van der Waals surface area contributed by atoms with Crippen LogP contribution < -0.4 is 14.8 Å². The monoisotopic (exact) mass is 444 g/mol. The molecule has 3 rings (SSSR count). The average Bonchev–Trinajstić information content (AvgIpc) is 3.24. The zero-order chi connectivity index (χ0) is 22.4. The first-order valence-electron chi connectivity index (χ1n) is 10.5. The molecule has 0 radical (unpaired) electrons. The highest BCUT2D eigenvalue weighted by molar-refractivity contribution is 6.33. The van der Waals surface area contributed by atoms with Crippen molar-refractivity contribution >= 4 is 23.4 Å². The molecule has 0 saturated carbocycles. The number of carbonyl (C=O) groups is 2. The number of methoxy groups -OCH3 is 2. The predicted molar refractivity (Wildman–Crippen MR) is 121 cm³/mol. The maximum atomic E-state index is 13.2. The number of likely N-dealkylation sites (tertiary alicyclic amines) is 1. The third kappa shape index (κ3) is 5.13. The van der Waals surface area contributed by atoms with Gasteiger partial charge in [-0.15, -0.1) is 0 Å². The van der Waals surface area contributed by atoms with Crippen LogP contribution in [0.3, 0.4) is 0 Å². The van der Waals surface area contributed by atoms with Crippen LogP contribution in [0, 0.1) is 5.92 Å². The Balaban J connectivity index is 1.94. The largest absolute Gasteiger partial charge is 0.497 e. The van der Waals surface area contributed by atoms with Crippen molar-refractivity contribution in [3.05, 3.63) is 58.6 Å². The quantitative estimate of drug-likeness (QED) is 0.621. The molecule has 0 aromatic heterocycles. The van der Waals surface area contributed by atoms with E-state index in [0.717, 1.165) is 18.4 Å². The summed E-state index contributed by atoms with van der Waals surface area (Å²) in [6.07, 6.45) is 1.91. The lowest BCUT2D eigenvalue weighted by molar-refractivity contribution is -0.124. The Labute approximate surface area is 188 Å². The molecule has 166 valence electrons. The Hall–Kier alpha value is -2.73. The molecule has 2 aromatic carbocycles. The minimum Gasteiger partial charge on any atom is -0.497 e. The van der Waals surface area contributed by atoms with Gasteiger partial charge >= 0.3 is 0 Å². The van der Waals surface area contributed by atoms with Crippen LogP contribution in [0.1, 0.15) is 41.6 Å². The number of benzene rings is 2. The fourth-order valence-corrected chi connectivity index (χ4v) is 4.22. The van der Waals surface area contributed by atoms with Gasteiger partial charge in [0.2, 0.25) is 5.91 Å². The molecule has 1 fully saturated rings. The smallest absolute Gasteiger partial charge is 0.255 e. The van der Waals surface area contributed by atoms with Crippen molar-refractivity contribution in [2.24, 2.45) is 5.92 Å². The van der Waals surface area contributed by atoms with Crippen molar-refractivity contribution in [3.8, 4) is 11.5 Å². The number of nitrogens with zero attached hydrogens (tertiary/aromatic N) is 1. The zero-order valence-corrected chi connectivity index (χ0v) is 18.9. The number of ether oxygens (including phenoxy) is 2. The molecule has 1 heterocycles. The second-order valence-electron chi connectivity index (χ2n) is 7.66. The Bertz CT molecular complexity index is 934. The van der Waals surface area contributed by atoms with Crippen LogP contribution in [0.2, 0.25) is 5.02 Å². The number of nitrogens with one attached hydrogen (secondary N) is 1. The molecule has 0 bridgehead atoms. The van der Waals surface area contributed by atoms with Crippen molar-refractivity contribution in [2.45, 2.75) is 25.7 Å². The molecule has 1 aliphatic rings. The minimum atomic E-state index is -0.399. The summed E-state index contributed by atoms with van der Waals surface area (Å²) in [6.45, 7) is 3.40. The second-order valence-corrected chi connectivity index (χ2v) is 8.06. The molecule has 1 N–H and O–H groups in total. The van der Waals surface area contributed by atoms with Crippen molar-refractivity contribution in [2.75, 3.05) is 33.9 Å². The molecular weight excluding hydrogens is 416 g/mol. The molecule has 2 unspecified atom stereocenters. The van der Waals surface area contributed by atoms with Crippen LogP contribution in [-0.4, -0.2) is 50.6 Å². The SMILES string of the molecule is CCCCNC(=O)C1CN(C(=O)c2ccccc2Cl)CC1c1cc(OC)ccc1OC. The Morgan fingerprint density at radius 2 is 1.90 bits per heavy atom. The predicted octanol–water partition coefficient (Wildman–Crippen LogP) is 4.13. The van der Waals surface area contributed by atoms with Gasteiger partial charge in [-0.2, -0.15) is 0 Å². The van der Waals surface area contributed by atoms with E-state index >= 15 is 0 Å². The van der Waals surface area contributed by atoms with Gasteiger partial charge in [0.15, 0.2) is 0 Å². The second kappa shape index (κ2) is 10.5. The summed E-state index contributed by atoms with van der Waals surface area (Å²) in [5.74, 6) is 0.488. The first kappa shape index (κ1) is 22.9. The van der Waals surface area contributed by atoms with E-state index < -0.39 is 5.92 Å². The summed E-state index contributed by atoms with van der Waals surface area (Å²) in [5.41, 5.74) is 1.29. The fourth-order valence-electron chi connectivity index (χ4n) is 4.00. The van der Waals surface area contributed by atoms with Gasteiger partial charge in [-0.05, 0) is 36.8 Å². The minimum absolute atomic E-state index is 0.0576. The number of rotatable bonds is 8. The molecule has 7 heteroatoms. The Morgan fingerprint density at radius 1 is 1.13 bits per heavy atom. The van der Waals surface area contributed by atoms with E-state index in [9.17, 15) is 9.59 Å². The third-order valence-corrected chi connectivity index (χ3v) is 6.04. The van der Waals surface area contributed by atoms with E-state index in [1.54, 1.807) is 43.4 Å². The van der Waals surface area contributed by atoms with Crippen molar-refractivity contribution in [1.29, 1.82) is 0 Å². The van der Waals surface area contributed by atoms with Crippen molar-refractivity contribution < 1.29 is 19.1 Å². The van der Waals surface area contributed by atoms with Gasteiger partial charge < -0.3 is 19.7 Å². The van der Waals surface area contributed by atoms with E-state index in [2.05, 4.69) is 12.2 Å². The highest BCUT2D eigenvalue weighted by Gasteiger charge is 2.42. The summed E-state index contributed by atoms with van der Waals surface area (Å²) < 4.78 is 11.0. The number of carbonyl (C=O) groups excluding carboxylic acids is 2. The van der Waals surface area contributed by atoms with E-state index in [0.29, 0.717) is 41.7 Å². The molecule has 1 aliphatic heterocycles. The summed E-state index contributed by atoms with van der Waals surface area (Å²) in [5, 5.41) is 3.43. The first-order valence-corrected chi connectivity index (χ1v) is 10.9. The summed E-state index contributed by atoms with van der Waals surface area (Å²) in [7, 11) is 3.20.